The molecule has 0 N–H and O–H groups in total. The maximum Gasteiger partial charge on any atom is 0.243 e. The van der Waals surface area contributed by atoms with Gasteiger partial charge in [-0.05, 0) is 18.2 Å². The van der Waals surface area contributed by atoms with E-state index in [0.717, 1.165) is 6.07 Å². The Morgan fingerprint density at radius 2 is 1.86 bits per heavy atom. The van der Waals surface area contributed by atoms with E-state index >= 15 is 0 Å². The van der Waals surface area contributed by atoms with Crippen molar-refractivity contribution in [3.05, 3.63) is 41.7 Å². The lowest BCUT2D eigenvalue weighted by molar-refractivity contribution is 0.0929. The SMILES string of the molecule is N#Cc1ccc(S(=O)(=O)N2CC3C4C=CC(O4)C3C2)cc1F. The minimum absolute atomic E-state index is 0.00657. The van der Waals surface area contributed by atoms with Gasteiger partial charge in [-0.3, -0.25) is 0 Å². The first kappa shape index (κ1) is 13.9. The van der Waals surface area contributed by atoms with Crippen LogP contribution in [-0.4, -0.2) is 38.0 Å². The van der Waals surface area contributed by atoms with E-state index in [-0.39, 0.29) is 34.5 Å². The Labute approximate surface area is 127 Å². The van der Waals surface area contributed by atoms with E-state index in [4.69, 9.17) is 10.00 Å². The Morgan fingerprint density at radius 1 is 1.23 bits per heavy atom. The minimum atomic E-state index is -3.75. The molecule has 22 heavy (non-hydrogen) atoms. The van der Waals surface area contributed by atoms with Crippen LogP contribution in [0.2, 0.25) is 0 Å². The van der Waals surface area contributed by atoms with Gasteiger partial charge in [-0.1, -0.05) is 12.2 Å². The fraction of sp³-hybridized carbons (Fsp3) is 0.400. The van der Waals surface area contributed by atoms with Crippen LogP contribution in [0, 0.1) is 29.0 Å². The van der Waals surface area contributed by atoms with Crippen LogP contribution in [0.25, 0.3) is 0 Å². The molecule has 3 aliphatic rings. The summed E-state index contributed by atoms with van der Waals surface area (Å²) in [6.45, 7) is 0.778. The lowest BCUT2D eigenvalue weighted by Crippen LogP contribution is -2.31. The van der Waals surface area contributed by atoms with Gasteiger partial charge in [0.1, 0.15) is 11.9 Å². The molecule has 0 aliphatic carbocycles. The second-order valence-corrected chi connectivity index (χ2v) is 7.79. The van der Waals surface area contributed by atoms with Gasteiger partial charge in [-0.25, -0.2) is 12.8 Å². The molecule has 2 saturated heterocycles. The van der Waals surface area contributed by atoms with Gasteiger partial charge in [0.25, 0.3) is 0 Å². The van der Waals surface area contributed by atoms with Crippen molar-refractivity contribution in [1.29, 1.82) is 5.26 Å². The summed E-state index contributed by atoms with van der Waals surface area (Å²) in [5.41, 5.74) is -0.159. The van der Waals surface area contributed by atoms with Gasteiger partial charge in [0.2, 0.25) is 10.0 Å². The van der Waals surface area contributed by atoms with Gasteiger partial charge in [-0.2, -0.15) is 9.57 Å². The van der Waals surface area contributed by atoms with E-state index < -0.39 is 15.8 Å². The van der Waals surface area contributed by atoms with Crippen LogP contribution in [0.15, 0.2) is 35.2 Å². The van der Waals surface area contributed by atoms with Crippen molar-refractivity contribution >= 4 is 10.0 Å². The lowest BCUT2D eigenvalue weighted by atomic mass is 9.86. The fourth-order valence-electron chi connectivity index (χ4n) is 3.58. The summed E-state index contributed by atoms with van der Waals surface area (Å²) in [6.07, 6.45) is 3.97. The third kappa shape index (κ3) is 1.85. The molecule has 1 aromatic carbocycles. The number of benzene rings is 1. The molecule has 4 rings (SSSR count). The third-order valence-corrected chi connectivity index (χ3v) is 6.55. The molecular weight excluding hydrogens is 307 g/mol. The van der Waals surface area contributed by atoms with Crippen LogP contribution in [0.5, 0.6) is 0 Å². The molecule has 0 radical (unpaired) electrons. The van der Waals surface area contributed by atoms with E-state index in [1.807, 2.05) is 12.2 Å². The zero-order valence-corrected chi connectivity index (χ0v) is 12.3. The molecule has 3 aliphatic heterocycles. The summed E-state index contributed by atoms with van der Waals surface area (Å²) in [7, 11) is -3.75. The number of hydrogen-bond acceptors (Lipinski definition) is 4. The van der Waals surface area contributed by atoms with E-state index in [0.29, 0.717) is 13.1 Å². The minimum Gasteiger partial charge on any atom is -0.366 e. The first-order chi connectivity index (χ1) is 10.5. The normalized spacial score (nSPS) is 33.1. The van der Waals surface area contributed by atoms with Crippen molar-refractivity contribution in [2.45, 2.75) is 17.1 Å². The van der Waals surface area contributed by atoms with Crippen LogP contribution in [0.1, 0.15) is 5.56 Å². The maximum atomic E-state index is 13.7. The topological polar surface area (TPSA) is 70.4 Å². The number of hydrogen-bond donors (Lipinski definition) is 0. The van der Waals surface area contributed by atoms with E-state index in [2.05, 4.69) is 0 Å². The predicted molar refractivity (Wildman–Crippen MR) is 74.7 cm³/mol. The third-order valence-electron chi connectivity index (χ3n) is 4.73. The second-order valence-electron chi connectivity index (χ2n) is 5.85. The number of nitrogens with zero attached hydrogens (tertiary/aromatic N) is 2. The first-order valence-electron chi connectivity index (χ1n) is 7.04. The highest BCUT2D eigenvalue weighted by Crippen LogP contribution is 2.44. The number of halogens is 1. The molecule has 5 nitrogen and oxygen atoms in total. The highest BCUT2D eigenvalue weighted by atomic mass is 32.2. The molecule has 0 spiro atoms. The zero-order valence-electron chi connectivity index (χ0n) is 11.5. The van der Waals surface area contributed by atoms with Crippen LogP contribution < -0.4 is 0 Å². The number of ether oxygens (including phenoxy) is 1. The molecule has 1 aromatic rings. The standard InChI is InChI=1S/C15H13FN2O3S/c16-13-5-10(2-1-9(13)6-17)22(19,20)18-7-11-12(8-18)15-4-3-14(11)21-15/h1-5,11-12,14-15H,7-8H2. The van der Waals surface area contributed by atoms with Gasteiger partial charge in [0.15, 0.2) is 0 Å². The smallest absolute Gasteiger partial charge is 0.243 e. The Kier molecular flexibility index (Phi) is 2.92. The van der Waals surface area contributed by atoms with Gasteiger partial charge in [-0.15, -0.1) is 0 Å². The number of nitriles is 1. The van der Waals surface area contributed by atoms with Gasteiger partial charge in [0, 0.05) is 24.9 Å². The van der Waals surface area contributed by atoms with Crippen molar-refractivity contribution in [3.63, 3.8) is 0 Å². The largest absolute Gasteiger partial charge is 0.366 e. The summed E-state index contributed by atoms with van der Waals surface area (Å²) in [6, 6.07) is 5.10. The van der Waals surface area contributed by atoms with Crippen LogP contribution in [0.4, 0.5) is 4.39 Å². The van der Waals surface area contributed by atoms with Gasteiger partial charge in [0.05, 0.1) is 22.7 Å². The maximum absolute atomic E-state index is 13.7. The average Bonchev–Trinajstić information content (AvgIpc) is 3.19. The number of rotatable bonds is 2. The first-order valence-corrected chi connectivity index (χ1v) is 8.48. The highest BCUT2D eigenvalue weighted by Gasteiger charge is 2.52. The highest BCUT2D eigenvalue weighted by molar-refractivity contribution is 7.89. The van der Waals surface area contributed by atoms with Gasteiger partial charge < -0.3 is 4.74 Å². The molecule has 0 saturated carbocycles. The molecule has 0 amide bonds. The summed E-state index contributed by atoms with van der Waals surface area (Å²) >= 11 is 0. The summed E-state index contributed by atoms with van der Waals surface area (Å²) in [4.78, 5) is -0.106. The molecule has 4 atom stereocenters. The Morgan fingerprint density at radius 3 is 2.41 bits per heavy atom. The average molecular weight is 320 g/mol. The lowest BCUT2D eigenvalue weighted by Gasteiger charge is -2.18. The molecule has 7 heteroatoms. The monoisotopic (exact) mass is 320 g/mol. The molecular formula is C15H13FN2O3S. The number of fused-ring (bicyclic) bond motifs is 5. The van der Waals surface area contributed by atoms with E-state index in [1.165, 1.54) is 16.4 Å². The summed E-state index contributed by atoms with van der Waals surface area (Å²) < 4.78 is 46.2. The van der Waals surface area contributed by atoms with E-state index in [1.54, 1.807) is 6.07 Å². The quantitative estimate of drug-likeness (QED) is 0.770. The predicted octanol–water partition coefficient (Wildman–Crippen LogP) is 1.27. The summed E-state index contributed by atoms with van der Waals surface area (Å²) in [5, 5.41) is 8.73. The molecule has 4 unspecified atom stereocenters. The fourth-order valence-corrected chi connectivity index (χ4v) is 5.11. The van der Waals surface area contributed by atoms with Crippen LogP contribution >= 0.6 is 0 Å². The van der Waals surface area contributed by atoms with Crippen molar-refractivity contribution in [1.82, 2.24) is 4.31 Å². The van der Waals surface area contributed by atoms with Crippen molar-refractivity contribution < 1.29 is 17.5 Å². The Bertz CT molecular complexity index is 795. The number of sulfonamides is 1. The van der Waals surface area contributed by atoms with Crippen molar-refractivity contribution in [3.8, 4) is 6.07 Å². The molecule has 2 fully saturated rings. The van der Waals surface area contributed by atoms with Crippen LogP contribution in [0.3, 0.4) is 0 Å². The molecule has 2 bridgehead atoms. The molecule has 114 valence electrons. The van der Waals surface area contributed by atoms with E-state index in [9.17, 15) is 12.8 Å². The van der Waals surface area contributed by atoms with Crippen LogP contribution in [-0.2, 0) is 14.8 Å². The van der Waals surface area contributed by atoms with Crippen molar-refractivity contribution in [2.75, 3.05) is 13.1 Å². The Balaban J connectivity index is 1.63. The second kappa shape index (κ2) is 4.62. The summed E-state index contributed by atoms with van der Waals surface area (Å²) in [5.74, 6) is -0.464. The van der Waals surface area contributed by atoms with Gasteiger partial charge >= 0.3 is 0 Å². The Hall–Kier alpha value is -1.75. The van der Waals surface area contributed by atoms with Crippen molar-refractivity contribution in [2.24, 2.45) is 11.8 Å². The molecule has 0 aromatic heterocycles. The molecule has 3 heterocycles. The zero-order chi connectivity index (χ0) is 15.5.